The van der Waals surface area contributed by atoms with Crippen LogP contribution in [0.15, 0.2) is 60.8 Å². The van der Waals surface area contributed by atoms with E-state index in [1.165, 1.54) is 89.9 Å². The highest BCUT2D eigenvalue weighted by molar-refractivity contribution is 5.76. The van der Waals surface area contributed by atoms with E-state index in [4.69, 9.17) is 0 Å². The number of nitrogens with one attached hydrogen (secondary N) is 1. The van der Waals surface area contributed by atoms with E-state index in [0.717, 1.165) is 51.4 Å². The monoisotopic (exact) mass is 600 g/mol. The van der Waals surface area contributed by atoms with Gasteiger partial charge in [0.1, 0.15) is 0 Å². The fraction of sp³-hybridized carbons (Fsp3) is 0.718. The molecule has 0 radical (unpaired) electrons. The number of carbonyl (C=O) groups is 1. The summed E-state index contributed by atoms with van der Waals surface area (Å²) in [4.78, 5) is 12.3. The maximum Gasteiger partial charge on any atom is 0.220 e. The van der Waals surface area contributed by atoms with E-state index in [9.17, 15) is 15.0 Å². The molecule has 3 N–H and O–H groups in total. The molecule has 0 aromatic heterocycles. The van der Waals surface area contributed by atoms with E-state index in [1.54, 1.807) is 6.08 Å². The minimum Gasteiger partial charge on any atom is -0.394 e. The molecule has 4 nitrogen and oxygen atoms in total. The summed E-state index contributed by atoms with van der Waals surface area (Å²) in [5, 5.41) is 22.8. The van der Waals surface area contributed by atoms with E-state index < -0.39 is 12.1 Å². The fourth-order valence-electron chi connectivity index (χ4n) is 4.90. The van der Waals surface area contributed by atoms with Gasteiger partial charge in [0.05, 0.1) is 18.8 Å². The molecule has 0 aromatic carbocycles. The van der Waals surface area contributed by atoms with Gasteiger partial charge in [-0.2, -0.15) is 0 Å². The second-order valence-electron chi connectivity index (χ2n) is 11.9. The van der Waals surface area contributed by atoms with Crippen LogP contribution in [-0.2, 0) is 4.79 Å². The SMILES string of the molecule is CCCCC/C=C\C=C/CCCCCCCCC(=O)NC(CO)C(O)/C=C/CC/C=C/CC/C=C/CCCCCCCC. The molecule has 0 fully saturated rings. The first-order valence-electron chi connectivity index (χ1n) is 18.0. The summed E-state index contributed by atoms with van der Waals surface area (Å²) in [5.74, 6) is -0.0941. The molecule has 0 aliphatic rings. The van der Waals surface area contributed by atoms with Gasteiger partial charge in [0.25, 0.3) is 0 Å². The Morgan fingerprint density at radius 2 is 0.977 bits per heavy atom. The van der Waals surface area contributed by atoms with Gasteiger partial charge in [-0.1, -0.05) is 145 Å². The van der Waals surface area contributed by atoms with Crippen LogP contribution in [0.1, 0.15) is 162 Å². The topological polar surface area (TPSA) is 69.6 Å². The van der Waals surface area contributed by atoms with Crippen LogP contribution in [0.25, 0.3) is 0 Å². The summed E-state index contributed by atoms with van der Waals surface area (Å²) in [6.45, 7) is 4.22. The Bertz CT molecular complexity index is 737. The number of carbonyl (C=O) groups excluding carboxylic acids is 1. The molecule has 0 spiro atoms. The number of hydrogen-bond donors (Lipinski definition) is 3. The van der Waals surface area contributed by atoms with Crippen LogP contribution in [0.5, 0.6) is 0 Å². The zero-order valence-electron chi connectivity index (χ0n) is 28.2. The first-order valence-corrected chi connectivity index (χ1v) is 18.0. The molecule has 0 saturated carbocycles. The average molecular weight is 600 g/mol. The van der Waals surface area contributed by atoms with E-state index in [-0.39, 0.29) is 12.5 Å². The van der Waals surface area contributed by atoms with Crippen LogP contribution in [-0.4, -0.2) is 34.9 Å². The summed E-state index contributed by atoms with van der Waals surface area (Å²) in [5.41, 5.74) is 0. The lowest BCUT2D eigenvalue weighted by Crippen LogP contribution is -2.45. The average Bonchev–Trinajstić information content (AvgIpc) is 3.01. The zero-order valence-corrected chi connectivity index (χ0v) is 28.2. The molecule has 2 unspecified atom stereocenters. The highest BCUT2D eigenvalue weighted by Crippen LogP contribution is 2.10. The van der Waals surface area contributed by atoms with Crippen molar-refractivity contribution in [1.29, 1.82) is 0 Å². The van der Waals surface area contributed by atoms with E-state index >= 15 is 0 Å². The number of allylic oxidation sites excluding steroid dienone is 9. The zero-order chi connectivity index (χ0) is 31.5. The maximum atomic E-state index is 12.3. The molecule has 4 heteroatoms. The lowest BCUT2D eigenvalue weighted by Gasteiger charge is -2.19. The summed E-state index contributed by atoms with van der Waals surface area (Å²) in [7, 11) is 0. The van der Waals surface area contributed by atoms with Crippen LogP contribution < -0.4 is 5.32 Å². The smallest absolute Gasteiger partial charge is 0.220 e. The Kier molecular flexibility index (Phi) is 33.0. The van der Waals surface area contributed by atoms with Crippen molar-refractivity contribution in [1.82, 2.24) is 5.32 Å². The Morgan fingerprint density at radius 3 is 1.53 bits per heavy atom. The van der Waals surface area contributed by atoms with Gasteiger partial charge in [-0.05, 0) is 70.6 Å². The molecule has 0 aromatic rings. The number of aliphatic hydroxyl groups excluding tert-OH is 2. The molecule has 0 saturated heterocycles. The van der Waals surface area contributed by atoms with Gasteiger partial charge in [-0.15, -0.1) is 0 Å². The molecular weight excluding hydrogens is 530 g/mol. The van der Waals surface area contributed by atoms with Crippen molar-refractivity contribution >= 4 is 5.91 Å². The highest BCUT2D eigenvalue weighted by atomic mass is 16.3. The van der Waals surface area contributed by atoms with Gasteiger partial charge in [-0.3, -0.25) is 4.79 Å². The molecular formula is C39H69NO3. The molecule has 0 aliphatic carbocycles. The number of aliphatic hydroxyl groups is 2. The lowest BCUT2D eigenvalue weighted by atomic mass is 10.1. The molecule has 1 amide bonds. The lowest BCUT2D eigenvalue weighted by molar-refractivity contribution is -0.123. The number of rotatable bonds is 31. The number of amides is 1. The third kappa shape index (κ3) is 31.3. The van der Waals surface area contributed by atoms with Crippen molar-refractivity contribution in [2.24, 2.45) is 0 Å². The van der Waals surface area contributed by atoms with E-state index in [0.29, 0.717) is 6.42 Å². The Morgan fingerprint density at radius 1 is 0.558 bits per heavy atom. The molecule has 0 aliphatic heterocycles. The Labute approximate surface area is 266 Å². The number of unbranched alkanes of at least 4 members (excludes halogenated alkanes) is 17. The van der Waals surface area contributed by atoms with Gasteiger partial charge in [0.15, 0.2) is 0 Å². The van der Waals surface area contributed by atoms with Crippen molar-refractivity contribution in [2.75, 3.05) is 6.61 Å². The van der Waals surface area contributed by atoms with Gasteiger partial charge in [0.2, 0.25) is 5.91 Å². The normalized spacial score (nSPS) is 13.9. The highest BCUT2D eigenvalue weighted by Gasteiger charge is 2.17. The van der Waals surface area contributed by atoms with Crippen LogP contribution in [0.4, 0.5) is 0 Å². The van der Waals surface area contributed by atoms with Gasteiger partial charge >= 0.3 is 0 Å². The Hall–Kier alpha value is -1.91. The fourth-order valence-corrected chi connectivity index (χ4v) is 4.90. The molecule has 2 atom stereocenters. The van der Waals surface area contributed by atoms with Crippen molar-refractivity contribution < 1.29 is 15.0 Å². The quantitative estimate of drug-likeness (QED) is 0.0422. The predicted molar refractivity (Wildman–Crippen MR) is 188 cm³/mol. The molecule has 0 bridgehead atoms. The molecule has 0 rings (SSSR count). The van der Waals surface area contributed by atoms with Crippen LogP contribution in [0.2, 0.25) is 0 Å². The van der Waals surface area contributed by atoms with Crippen molar-refractivity contribution in [3.05, 3.63) is 60.8 Å². The third-order valence-electron chi connectivity index (χ3n) is 7.73. The first kappa shape index (κ1) is 41.1. The summed E-state index contributed by atoms with van der Waals surface area (Å²) in [6.07, 6.45) is 47.2. The maximum absolute atomic E-state index is 12.3. The largest absolute Gasteiger partial charge is 0.394 e. The molecule has 43 heavy (non-hydrogen) atoms. The first-order chi connectivity index (χ1) is 21.2. The van der Waals surface area contributed by atoms with Crippen molar-refractivity contribution in [2.45, 2.75) is 174 Å². The van der Waals surface area contributed by atoms with Crippen LogP contribution in [0, 0.1) is 0 Å². The minimum absolute atomic E-state index is 0.0941. The summed E-state index contributed by atoms with van der Waals surface area (Å²) in [6, 6.07) is -0.651. The van der Waals surface area contributed by atoms with Gasteiger partial charge in [0, 0.05) is 6.42 Å². The van der Waals surface area contributed by atoms with Crippen molar-refractivity contribution in [3.63, 3.8) is 0 Å². The summed E-state index contributed by atoms with van der Waals surface area (Å²) >= 11 is 0. The van der Waals surface area contributed by atoms with Gasteiger partial charge in [-0.25, -0.2) is 0 Å². The Balaban J connectivity index is 3.76. The van der Waals surface area contributed by atoms with E-state index in [1.807, 2.05) is 6.08 Å². The number of hydrogen-bond acceptors (Lipinski definition) is 3. The molecule has 248 valence electrons. The van der Waals surface area contributed by atoms with Crippen molar-refractivity contribution in [3.8, 4) is 0 Å². The standard InChI is InChI=1S/C39H69NO3/c1-3-5-7-9-11-13-15-17-19-21-22-24-26-28-30-32-34-38(42)37(36-41)40-39(43)35-33-31-29-27-25-23-20-18-16-14-12-10-8-6-4-2/h12,14,16-19,24,26,32,34,37-38,41-42H,3-11,13,15,20-23,25,27-31,33,35-36H2,1-2H3,(H,40,43)/b14-12-,18-16-,19-17+,26-24+,34-32+. The summed E-state index contributed by atoms with van der Waals surface area (Å²) < 4.78 is 0. The molecule has 0 heterocycles. The second-order valence-corrected chi connectivity index (χ2v) is 11.9. The predicted octanol–water partition coefficient (Wildman–Crippen LogP) is 10.6. The minimum atomic E-state index is -0.875. The van der Waals surface area contributed by atoms with Crippen LogP contribution >= 0.6 is 0 Å². The van der Waals surface area contributed by atoms with Gasteiger partial charge < -0.3 is 15.5 Å². The second kappa shape index (κ2) is 34.6. The van der Waals surface area contributed by atoms with Crippen LogP contribution in [0.3, 0.4) is 0 Å². The van der Waals surface area contributed by atoms with E-state index in [2.05, 4.69) is 67.8 Å². The third-order valence-corrected chi connectivity index (χ3v) is 7.73.